The van der Waals surface area contributed by atoms with Crippen molar-refractivity contribution in [1.82, 2.24) is 10.6 Å². The Labute approximate surface area is 169 Å². The molecule has 0 spiro atoms. The number of guanidine groups is 1. The van der Waals surface area contributed by atoms with Gasteiger partial charge in [0, 0.05) is 33.4 Å². The van der Waals surface area contributed by atoms with Crippen molar-refractivity contribution >= 4 is 29.9 Å². The lowest BCUT2D eigenvalue weighted by Crippen LogP contribution is -2.37. The van der Waals surface area contributed by atoms with E-state index in [4.69, 9.17) is 9.47 Å². The van der Waals surface area contributed by atoms with E-state index in [1.165, 1.54) is 18.4 Å². The van der Waals surface area contributed by atoms with Gasteiger partial charge in [-0.25, -0.2) is 0 Å². The molecule has 1 aromatic rings. The predicted molar refractivity (Wildman–Crippen MR) is 114 cm³/mol. The van der Waals surface area contributed by atoms with E-state index in [0.717, 1.165) is 50.4 Å². The van der Waals surface area contributed by atoms with Crippen molar-refractivity contribution < 1.29 is 9.47 Å². The van der Waals surface area contributed by atoms with Gasteiger partial charge in [-0.15, -0.1) is 24.0 Å². The van der Waals surface area contributed by atoms with E-state index in [1.54, 1.807) is 7.05 Å². The van der Waals surface area contributed by atoms with Crippen molar-refractivity contribution in [1.29, 1.82) is 0 Å². The minimum absolute atomic E-state index is 0. The highest BCUT2D eigenvalue weighted by Crippen LogP contribution is 2.28. The standard InChI is InChI=1S/C19H31N3O2.HI/c1-15(2)24-18-9-7-16(8-10-18)13-22-19(20-3)21-11-4-12-23-14-17-5-6-17;/h7-10,15,17H,4-6,11-14H2,1-3H3,(H2,20,21,22);1H. The van der Waals surface area contributed by atoms with Crippen LogP contribution in [0.25, 0.3) is 0 Å². The number of benzene rings is 1. The van der Waals surface area contributed by atoms with Gasteiger partial charge in [0.15, 0.2) is 5.96 Å². The van der Waals surface area contributed by atoms with Gasteiger partial charge in [0.1, 0.15) is 5.75 Å². The van der Waals surface area contributed by atoms with Gasteiger partial charge in [0.05, 0.1) is 6.10 Å². The van der Waals surface area contributed by atoms with Crippen molar-refractivity contribution in [2.75, 3.05) is 26.8 Å². The molecule has 0 bridgehead atoms. The Balaban J connectivity index is 0.00000312. The second-order valence-electron chi connectivity index (χ2n) is 6.53. The third-order valence-corrected chi connectivity index (χ3v) is 3.79. The third kappa shape index (κ3) is 9.89. The molecule has 0 saturated heterocycles. The molecule has 1 aliphatic carbocycles. The van der Waals surface area contributed by atoms with Crippen LogP contribution in [0.1, 0.15) is 38.7 Å². The van der Waals surface area contributed by atoms with E-state index in [2.05, 4.69) is 27.8 Å². The zero-order chi connectivity index (χ0) is 17.2. The van der Waals surface area contributed by atoms with Crippen LogP contribution in [0.5, 0.6) is 5.75 Å². The molecule has 5 nitrogen and oxygen atoms in total. The number of aliphatic imine (C=N–C) groups is 1. The second-order valence-corrected chi connectivity index (χ2v) is 6.53. The number of nitrogens with one attached hydrogen (secondary N) is 2. The molecule has 1 aromatic carbocycles. The molecule has 1 saturated carbocycles. The van der Waals surface area contributed by atoms with Crippen LogP contribution in [0.2, 0.25) is 0 Å². The zero-order valence-corrected chi connectivity index (χ0v) is 17.9. The SMILES string of the molecule is CN=C(NCCCOCC1CC1)NCc1ccc(OC(C)C)cc1.I. The van der Waals surface area contributed by atoms with Gasteiger partial charge in [-0.05, 0) is 56.7 Å². The monoisotopic (exact) mass is 461 g/mol. The fourth-order valence-corrected chi connectivity index (χ4v) is 2.28. The van der Waals surface area contributed by atoms with Crippen molar-refractivity contribution in [3.8, 4) is 5.75 Å². The molecule has 2 N–H and O–H groups in total. The first-order valence-electron chi connectivity index (χ1n) is 8.95. The van der Waals surface area contributed by atoms with Crippen LogP contribution in [-0.4, -0.2) is 38.9 Å². The number of hydrogen-bond acceptors (Lipinski definition) is 3. The van der Waals surface area contributed by atoms with Gasteiger partial charge in [0.25, 0.3) is 0 Å². The van der Waals surface area contributed by atoms with Crippen molar-refractivity contribution in [3.05, 3.63) is 29.8 Å². The van der Waals surface area contributed by atoms with E-state index >= 15 is 0 Å². The van der Waals surface area contributed by atoms with Crippen LogP contribution in [0.4, 0.5) is 0 Å². The summed E-state index contributed by atoms with van der Waals surface area (Å²) in [5, 5.41) is 6.64. The van der Waals surface area contributed by atoms with Gasteiger partial charge < -0.3 is 20.1 Å². The molecular weight excluding hydrogens is 429 g/mol. The van der Waals surface area contributed by atoms with Crippen LogP contribution in [0, 0.1) is 5.92 Å². The van der Waals surface area contributed by atoms with Crippen molar-refractivity contribution in [3.63, 3.8) is 0 Å². The summed E-state index contributed by atoms with van der Waals surface area (Å²) in [4.78, 5) is 4.24. The topological polar surface area (TPSA) is 54.9 Å². The zero-order valence-electron chi connectivity index (χ0n) is 15.6. The van der Waals surface area contributed by atoms with E-state index in [9.17, 15) is 0 Å². The molecule has 25 heavy (non-hydrogen) atoms. The normalized spacial score (nSPS) is 14.2. The first kappa shape index (κ1) is 22.0. The Hall–Kier alpha value is -1.02. The molecule has 0 radical (unpaired) electrons. The highest BCUT2D eigenvalue weighted by molar-refractivity contribution is 14.0. The first-order valence-corrected chi connectivity index (χ1v) is 8.95. The number of halogens is 1. The fourth-order valence-electron chi connectivity index (χ4n) is 2.28. The van der Waals surface area contributed by atoms with E-state index in [1.807, 2.05) is 26.0 Å². The van der Waals surface area contributed by atoms with E-state index < -0.39 is 0 Å². The van der Waals surface area contributed by atoms with Gasteiger partial charge in [-0.3, -0.25) is 4.99 Å². The minimum atomic E-state index is 0. The maximum absolute atomic E-state index is 5.65. The Morgan fingerprint density at radius 1 is 1.20 bits per heavy atom. The molecule has 2 rings (SSSR count). The molecular formula is C19H32IN3O2. The number of rotatable bonds is 10. The molecule has 0 aromatic heterocycles. The quantitative estimate of drug-likeness (QED) is 0.242. The largest absolute Gasteiger partial charge is 0.491 e. The highest BCUT2D eigenvalue weighted by atomic mass is 127. The molecule has 1 aliphatic rings. The molecule has 0 unspecified atom stereocenters. The summed E-state index contributed by atoms with van der Waals surface area (Å²) in [5.41, 5.74) is 1.20. The van der Waals surface area contributed by atoms with Gasteiger partial charge in [-0.2, -0.15) is 0 Å². The molecule has 142 valence electrons. The van der Waals surface area contributed by atoms with Crippen molar-refractivity contribution in [2.24, 2.45) is 10.9 Å². The van der Waals surface area contributed by atoms with Gasteiger partial charge in [0.2, 0.25) is 0 Å². The summed E-state index contributed by atoms with van der Waals surface area (Å²) >= 11 is 0. The minimum Gasteiger partial charge on any atom is -0.491 e. The molecule has 0 amide bonds. The summed E-state index contributed by atoms with van der Waals surface area (Å²) < 4.78 is 11.3. The molecule has 0 heterocycles. The molecule has 1 fully saturated rings. The van der Waals surface area contributed by atoms with Crippen LogP contribution < -0.4 is 15.4 Å². The van der Waals surface area contributed by atoms with Crippen LogP contribution >= 0.6 is 24.0 Å². The first-order chi connectivity index (χ1) is 11.7. The van der Waals surface area contributed by atoms with Crippen molar-refractivity contribution in [2.45, 2.75) is 45.8 Å². The summed E-state index contributed by atoms with van der Waals surface area (Å²) in [6.45, 7) is 7.41. The average Bonchev–Trinajstić information content (AvgIpc) is 3.38. The van der Waals surface area contributed by atoms with Gasteiger partial charge in [-0.1, -0.05) is 12.1 Å². The van der Waals surface area contributed by atoms with E-state index in [-0.39, 0.29) is 30.1 Å². The lowest BCUT2D eigenvalue weighted by atomic mass is 10.2. The Morgan fingerprint density at radius 2 is 1.92 bits per heavy atom. The highest BCUT2D eigenvalue weighted by Gasteiger charge is 2.20. The maximum Gasteiger partial charge on any atom is 0.191 e. The number of hydrogen-bond donors (Lipinski definition) is 2. The van der Waals surface area contributed by atoms with Crippen LogP contribution in [-0.2, 0) is 11.3 Å². The fraction of sp³-hybridized carbons (Fsp3) is 0.632. The smallest absolute Gasteiger partial charge is 0.191 e. The van der Waals surface area contributed by atoms with Gasteiger partial charge >= 0.3 is 0 Å². The van der Waals surface area contributed by atoms with E-state index in [0.29, 0.717) is 0 Å². The lowest BCUT2D eigenvalue weighted by molar-refractivity contribution is 0.123. The number of nitrogens with zero attached hydrogens (tertiary/aromatic N) is 1. The summed E-state index contributed by atoms with van der Waals surface area (Å²) in [5.74, 6) is 2.56. The van der Waals surface area contributed by atoms with Crippen LogP contribution in [0.3, 0.4) is 0 Å². The molecule has 0 aliphatic heterocycles. The predicted octanol–water partition coefficient (Wildman–Crippen LogP) is 3.57. The Kier molecular flexibility index (Phi) is 10.9. The van der Waals surface area contributed by atoms with Crippen LogP contribution in [0.15, 0.2) is 29.3 Å². The summed E-state index contributed by atoms with van der Waals surface area (Å²) in [6, 6.07) is 8.16. The lowest BCUT2D eigenvalue weighted by Gasteiger charge is -2.13. The Morgan fingerprint density at radius 3 is 2.52 bits per heavy atom. The molecule has 0 atom stereocenters. The second kappa shape index (κ2) is 12.4. The maximum atomic E-state index is 5.65. The summed E-state index contributed by atoms with van der Waals surface area (Å²) in [6.07, 6.45) is 3.89. The number of ether oxygens (including phenoxy) is 2. The summed E-state index contributed by atoms with van der Waals surface area (Å²) in [7, 11) is 1.79. The molecule has 6 heteroatoms. The average molecular weight is 461 g/mol. The Bertz CT molecular complexity index is 502. The third-order valence-electron chi connectivity index (χ3n) is 3.79.